The number of hydrogen-bond donors (Lipinski definition) is 2. The second-order valence-corrected chi connectivity index (χ2v) is 7.34. The molecule has 0 aliphatic heterocycles. The van der Waals surface area contributed by atoms with E-state index >= 15 is 0 Å². The molecule has 24 heavy (non-hydrogen) atoms. The molecule has 0 unspecified atom stereocenters. The van der Waals surface area contributed by atoms with Crippen molar-refractivity contribution in [1.29, 1.82) is 0 Å². The summed E-state index contributed by atoms with van der Waals surface area (Å²) in [5.74, 6) is -1.89. The first-order chi connectivity index (χ1) is 11.1. The van der Waals surface area contributed by atoms with Crippen LogP contribution in [-0.4, -0.2) is 22.2 Å². The largest absolute Gasteiger partial charge is 0.478 e. The number of carbonyl (C=O) groups is 2. The number of rotatable bonds is 3. The predicted octanol–water partition coefficient (Wildman–Crippen LogP) is 4.07. The summed E-state index contributed by atoms with van der Waals surface area (Å²) in [5.41, 5.74) is 3.27. The molecule has 0 bridgehead atoms. The van der Waals surface area contributed by atoms with Crippen LogP contribution in [0.4, 0.5) is 0 Å². The van der Waals surface area contributed by atoms with Gasteiger partial charge in [-0.3, -0.25) is 0 Å². The SMILES string of the molecule is CC1(C)C[C@@](C)(c2ccc(C(=O)O)cc2)c2cc(C(=O)O)ccc21. The Morgan fingerprint density at radius 1 is 0.833 bits per heavy atom. The van der Waals surface area contributed by atoms with Gasteiger partial charge in [-0.15, -0.1) is 0 Å². The molecule has 2 N–H and O–H groups in total. The minimum atomic E-state index is -0.952. The third-order valence-electron chi connectivity index (χ3n) is 5.15. The summed E-state index contributed by atoms with van der Waals surface area (Å²) in [4.78, 5) is 22.4. The van der Waals surface area contributed by atoms with Crippen molar-refractivity contribution in [3.05, 3.63) is 70.3 Å². The van der Waals surface area contributed by atoms with Gasteiger partial charge in [-0.2, -0.15) is 0 Å². The molecule has 0 radical (unpaired) electrons. The topological polar surface area (TPSA) is 74.6 Å². The van der Waals surface area contributed by atoms with Crippen LogP contribution in [0.2, 0.25) is 0 Å². The van der Waals surface area contributed by atoms with Crippen LogP contribution in [0, 0.1) is 0 Å². The average molecular weight is 324 g/mol. The highest BCUT2D eigenvalue weighted by molar-refractivity contribution is 5.88. The first-order valence-electron chi connectivity index (χ1n) is 7.87. The van der Waals surface area contributed by atoms with E-state index in [-0.39, 0.29) is 22.0 Å². The molecule has 0 spiro atoms. The van der Waals surface area contributed by atoms with Crippen LogP contribution in [0.1, 0.15) is 64.6 Å². The van der Waals surface area contributed by atoms with E-state index in [4.69, 9.17) is 5.11 Å². The van der Waals surface area contributed by atoms with Crippen LogP contribution >= 0.6 is 0 Å². The highest BCUT2D eigenvalue weighted by Crippen LogP contribution is 2.52. The third kappa shape index (κ3) is 2.39. The van der Waals surface area contributed by atoms with Crippen LogP contribution in [-0.2, 0) is 10.8 Å². The van der Waals surface area contributed by atoms with Gasteiger partial charge < -0.3 is 10.2 Å². The summed E-state index contributed by atoms with van der Waals surface area (Å²) in [5, 5.41) is 18.4. The lowest BCUT2D eigenvalue weighted by Gasteiger charge is -2.28. The summed E-state index contributed by atoms with van der Waals surface area (Å²) in [6.07, 6.45) is 0.838. The molecule has 0 fully saturated rings. The molecule has 1 atom stereocenters. The van der Waals surface area contributed by atoms with Crippen LogP contribution in [0.25, 0.3) is 0 Å². The quantitative estimate of drug-likeness (QED) is 0.892. The zero-order chi connectivity index (χ0) is 17.7. The Morgan fingerprint density at radius 3 is 1.92 bits per heavy atom. The number of carboxylic acids is 2. The minimum Gasteiger partial charge on any atom is -0.478 e. The fourth-order valence-electron chi connectivity index (χ4n) is 4.04. The standard InChI is InChI=1S/C20H20O4/c1-19(2)11-20(3,14-7-4-12(5-8-14)17(21)22)16-10-13(18(23)24)6-9-15(16)19/h4-10H,11H2,1-3H3,(H,21,22)(H,23,24)/t20-/m0/s1. The van der Waals surface area contributed by atoms with Gasteiger partial charge in [0.2, 0.25) is 0 Å². The second-order valence-electron chi connectivity index (χ2n) is 7.34. The van der Waals surface area contributed by atoms with Gasteiger partial charge in [-0.1, -0.05) is 39.0 Å². The molecule has 0 amide bonds. The Kier molecular flexibility index (Phi) is 3.52. The molecule has 0 saturated heterocycles. The van der Waals surface area contributed by atoms with E-state index in [1.807, 2.05) is 18.2 Å². The summed E-state index contributed by atoms with van der Waals surface area (Å²) < 4.78 is 0. The number of hydrogen-bond acceptors (Lipinski definition) is 2. The zero-order valence-corrected chi connectivity index (χ0v) is 14.0. The Morgan fingerprint density at radius 2 is 1.38 bits per heavy atom. The summed E-state index contributed by atoms with van der Waals surface area (Å²) >= 11 is 0. The highest BCUT2D eigenvalue weighted by Gasteiger charge is 2.45. The molecule has 3 rings (SSSR count). The lowest BCUT2D eigenvalue weighted by Crippen LogP contribution is -2.23. The molecule has 2 aromatic rings. The molecular formula is C20H20O4. The number of aromatic carboxylic acids is 2. The first-order valence-corrected chi connectivity index (χ1v) is 7.87. The van der Waals surface area contributed by atoms with Crippen molar-refractivity contribution >= 4 is 11.9 Å². The average Bonchev–Trinajstić information content (AvgIpc) is 2.74. The van der Waals surface area contributed by atoms with Crippen LogP contribution < -0.4 is 0 Å². The van der Waals surface area contributed by atoms with Gasteiger partial charge in [0.05, 0.1) is 11.1 Å². The molecule has 0 heterocycles. The Hall–Kier alpha value is -2.62. The van der Waals surface area contributed by atoms with Crippen molar-refractivity contribution in [3.63, 3.8) is 0 Å². The van der Waals surface area contributed by atoms with Gasteiger partial charge in [0.25, 0.3) is 0 Å². The summed E-state index contributed by atoms with van der Waals surface area (Å²) in [7, 11) is 0. The van der Waals surface area contributed by atoms with Crippen molar-refractivity contribution < 1.29 is 19.8 Å². The van der Waals surface area contributed by atoms with E-state index in [1.54, 1.807) is 24.3 Å². The molecule has 0 saturated carbocycles. The van der Waals surface area contributed by atoms with E-state index in [0.717, 1.165) is 23.1 Å². The van der Waals surface area contributed by atoms with Gasteiger partial charge in [0, 0.05) is 5.41 Å². The third-order valence-corrected chi connectivity index (χ3v) is 5.15. The summed E-state index contributed by atoms with van der Waals surface area (Å²) in [6.45, 7) is 6.41. The van der Waals surface area contributed by atoms with E-state index in [0.29, 0.717) is 0 Å². The minimum absolute atomic E-state index is 0.0768. The van der Waals surface area contributed by atoms with Crippen LogP contribution in [0.5, 0.6) is 0 Å². The van der Waals surface area contributed by atoms with Gasteiger partial charge in [0.15, 0.2) is 0 Å². The maximum Gasteiger partial charge on any atom is 0.335 e. The molecule has 4 nitrogen and oxygen atoms in total. The zero-order valence-electron chi connectivity index (χ0n) is 14.0. The molecule has 2 aromatic carbocycles. The Balaban J connectivity index is 2.17. The fraction of sp³-hybridized carbons (Fsp3) is 0.300. The predicted molar refractivity (Wildman–Crippen MR) is 90.9 cm³/mol. The second kappa shape index (κ2) is 5.20. The lowest BCUT2D eigenvalue weighted by atomic mass is 9.75. The first kappa shape index (κ1) is 16.2. The van der Waals surface area contributed by atoms with E-state index in [9.17, 15) is 14.7 Å². The molecule has 4 heteroatoms. The molecular weight excluding hydrogens is 304 g/mol. The van der Waals surface area contributed by atoms with Crippen molar-refractivity contribution in [3.8, 4) is 0 Å². The molecule has 1 aliphatic rings. The normalized spacial score (nSPS) is 21.3. The highest BCUT2D eigenvalue weighted by atomic mass is 16.4. The maximum absolute atomic E-state index is 11.4. The maximum atomic E-state index is 11.4. The summed E-state index contributed by atoms with van der Waals surface area (Å²) in [6, 6.07) is 12.2. The molecule has 1 aliphatic carbocycles. The Bertz CT molecular complexity index is 833. The lowest BCUT2D eigenvalue weighted by molar-refractivity contribution is 0.0686. The van der Waals surface area contributed by atoms with Gasteiger partial charge in [-0.05, 0) is 52.8 Å². The van der Waals surface area contributed by atoms with Crippen LogP contribution in [0.3, 0.4) is 0 Å². The van der Waals surface area contributed by atoms with Crippen molar-refractivity contribution in [1.82, 2.24) is 0 Å². The fourth-order valence-corrected chi connectivity index (χ4v) is 4.04. The molecule has 124 valence electrons. The smallest absolute Gasteiger partial charge is 0.335 e. The van der Waals surface area contributed by atoms with Gasteiger partial charge in [0.1, 0.15) is 0 Å². The van der Waals surface area contributed by atoms with Gasteiger partial charge in [-0.25, -0.2) is 9.59 Å². The van der Waals surface area contributed by atoms with Gasteiger partial charge >= 0.3 is 11.9 Å². The van der Waals surface area contributed by atoms with Crippen molar-refractivity contribution in [2.24, 2.45) is 0 Å². The van der Waals surface area contributed by atoms with Crippen molar-refractivity contribution in [2.75, 3.05) is 0 Å². The number of benzene rings is 2. The van der Waals surface area contributed by atoms with Crippen LogP contribution in [0.15, 0.2) is 42.5 Å². The van der Waals surface area contributed by atoms with Crippen molar-refractivity contribution in [2.45, 2.75) is 38.0 Å². The number of fused-ring (bicyclic) bond motifs is 1. The van der Waals surface area contributed by atoms with E-state index in [2.05, 4.69) is 20.8 Å². The van der Waals surface area contributed by atoms with E-state index in [1.165, 1.54) is 0 Å². The Labute approximate surface area is 140 Å². The monoisotopic (exact) mass is 324 g/mol. The number of carboxylic acid groups (broad SMARTS) is 2. The van der Waals surface area contributed by atoms with E-state index < -0.39 is 11.9 Å². The molecule has 0 aromatic heterocycles.